The van der Waals surface area contributed by atoms with Crippen LogP contribution in [0.15, 0.2) is 24.3 Å². The number of aliphatic hydroxyl groups excluding tert-OH is 1. The van der Waals surface area contributed by atoms with Crippen molar-refractivity contribution < 1.29 is 5.11 Å². The van der Waals surface area contributed by atoms with Gasteiger partial charge in [0, 0.05) is 5.41 Å². The second-order valence-corrected chi connectivity index (χ2v) is 8.29. The van der Waals surface area contributed by atoms with Gasteiger partial charge in [0.05, 0.1) is 6.10 Å². The van der Waals surface area contributed by atoms with Crippen LogP contribution in [0.25, 0.3) is 0 Å². The summed E-state index contributed by atoms with van der Waals surface area (Å²) in [5.41, 5.74) is 0.562. The van der Waals surface area contributed by atoms with Gasteiger partial charge in [0.15, 0.2) is 0 Å². The average molecular weight is 272 g/mol. The molecule has 0 radical (unpaired) electrons. The van der Waals surface area contributed by atoms with E-state index < -0.39 is 0 Å². The van der Waals surface area contributed by atoms with Crippen molar-refractivity contribution in [1.82, 2.24) is 0 Å². The summed E-state index contributed by atoms with van der Waals surface area (Å²) >= 11 is 0. The second-order valence-electron chi connectivity index (χ2n) is 8.29. The summed E-state index contributed by atoms with van der Waals surface area (Å²) in [4.78, 5) is 0. The summed E-state index contributed by atoms with van der Waals surface area (Å²) in [7, 11) is 0. The Labute approximate surface area is 123 Å². The van der Waals surface area contributed by atoms with Gasteiger partial charge < -0.3 is 5.11 Å². The molecule has 0 spiro atoms. The zero-order valence-corrected chi connectivity index (χ0v) is 12.9. The summed E-state index contributed by atoms with van der Waals surface area (Å²) in [6, 6.07) is 0. The highest BCUT2D eigenvalue weighted by molar-refractivity contribution is 5.21. The standard InChI is InChI=1S/C19H28O/c1-18-11-4-3-5-13(18)6-7-14-15-8-9-17(20)19(15,2)12-10-16(14)18/h4,8-9,11,13-17,20H,3,5-7,10,12H2,1-2H3/t13?,14-,15-,16+,17?,18-,19-/m0/s1. The van der Waals surface area contributed by atoms with E-state index in [1.165, 1.54) is 38.5 Å². The van der Waals surface area contributed by atoms with Gasteiger partial charge in [-0.15, -0.1) is 0 Å². The summed E-state index contributed by atoms with van der Waals surface area (Å²) < 4.78 is 0. The predicted octanol–water partition coefficient (Wildman–Crippen LogP) is 4.33. The zero-order valence-electron chi connectivity index (χ0n) is 12.9. The molecule has 2 fully saturated rings. The number of fused-ring (bicyclic) bond motifs is 5. The highest BCUT2D eigenvalue weighted by Gasteiger charge is 2.57. The van der Waals surface area contributed by atoms with Gasteiger partial charge in [-0.05, 0) is 67.6 Å². The molecule has 0 heterocycles. The van der Waals surface area contributed by atoms with Crippen molar-refractivity contribution >= 4 is 0 Å². The first-order valence-corrected chi connectivity index (χ1v) is 8.60. The van der Waals surface area contributed by atoms with Crippen molar-refractivity contribution in [1.29, 1.82) is 0 Å². The number of allylic oxidation sites excluding steroid dienone is 3. The van der Waals surface area contributed by atoms with Crippen molar-refractivity contribution in [3.63, 3.8) is 0 Å². The number of hydrogen-bond acceptors (Lipinski definition) is 1. The molecule has 7 atom stereocenters. The molecule has 0 amide bonds. The maximum atomic E-state index is 10.4. The minimum Gasteiger partial charge on any atom is -0.388 e. The Morgan fingerprint density at radius 1 is 1.05 bits per heavy atom. The fraction of sp³-hybridized carbons (Fsp3) is 0.789. The lowest BCUT2D eigenvalue weighted by Crippen LogP contribution is -2.52. The van der Waals surface area contributed by atoms with Crippen molar-refractivity contribution in [3.05, 3.63) is 24.3 Å². The molecule has 0 aliphatic heterocycles. The normalized spacial score (nSPS) is 57.0. The molecule has 110 valence electrons. The second kappa shape index (κ2) is 4.22. The van der Waals surface area contributed by atoms with E-state index in [0.29, 0.717) is 11.3 Å². The van der Waals surface area contributed by atoms with E-state index in [1.807, 2.05) is 0 Å². The first-order valence-electron chi connectivity index (χ1n) is 8.60. The Kier molecular flexibility index (Phi) is 2.77. The Bertz CT molecular complexity index is 464. The van der Waals surface area contributed by atoms with Crippen LogP contribution >= 0.6 is 0 Å². The molecule has 1 N–H and O–H groups in total. The Hall–Kier alpha value is -0.560. The largest absolute Gasteiger partial charge is 0.388 e. The lowest BCUT2D eigenvalue weighted by atomic mass is 9.46. The molecular formula is C19H28O. The quantitative estimate of drug-likeness (QED) is 0.651. The molecule has 0 aromatic rings. The minimum absolute atomic E-state index is 0.128. The van der Waals surface area contributed by atoms with Crippen molar-refractivity contribution in [2.24, 2.45) is 34.5 Å². The zero-order chi connectivity index (χ0) is 14.0. The molecule has 0 bridgehead atoms. The predicted molar refractivity (Wildman–Crippen MR) is 82.2 cm³/mol. The molecular weight excluding hydrogens is 244 g/mol. The van der Waals surface area contributed by atoms with Gasteiger partial charge in [-0.1, -0.05) is 38.2 Å². The summed E-state index contributed by atoms with van der Waals surface area (Å²) in [6.07, 6.45) is 17.2. The molecule has 0 aromatic heterocycles. The number of hydrogen-bond donors (Lipinski definition) is 1. The molecule has 4 aliphatic rings. The van der Waals surface area contributed by atoms with Crippen LogP contribution in [-0.2, 0) is 0 Å². The van der Waals surface area contributed by atoms with Gasteiger partial charge >= 0.3 is 0 Å². The lowest BCUT2D eigenvalue weighted by Gasteiger charge is -2.58. The Balaban J connectivity index is 1.70. The van der Waals surface area contributed by atoms with Gasteiger partial charge in [0.25, 0.3) is 0 Å². The van der Waals surface area contributed by atoms with Gasteiger partial charge in [0.2, 0.25) is 0 Å². The average Bonchev–Trinajstić information content (AvgIpc) is 2.74. The maximum absolute atomic E-state index is 10.4. The van der Waals surface area contributed by atoms with Crippen LogP contribution in [0.2, 0.25) is 0 Å². The smallest absolute Gasteiger partial charge is 0.0780 e. The maximum Gasteiger partial charge on any atom is 0.0780 e. The molecule has 2 unspecified atom stereocenters. The van der Waals surface area contributed by atoms with E-state index in [-0.39, 0.29) is 11.5 Å². The Morgan fingerprint density at radius 2 is 1.90 bits per heavy atom. The summed E-state index contributed by atoms with van der Waals surface area (Å²) in [5, 5.41) is 10.4. The third kappa shape index (κ3) is 1.53. The van der Waals surface area contributed by atoms with Crippen molar-refractivity contribution in [2.75, 3.05) is 0 Å². The monoisotopic (exact) mass is 272 g/mol. The topological polar surface area (TPSA) is 20.2 Å². The Morgan fingerprint density at radius 3 is 2.75 bits per heavy atom. The highest BCUT2D eigenvalue weighted by atomic mass is 16.3. The van der Waals surface area contributed by atoms with E-state index in [1.54, 1.807) is 0 Å². The first-order chi connectivity index (χ1) is 9.56. The van der Waals surface area contributed by atoms with Gasteiger partial charge in [0.1, 0.15) is 0 Å². The molecule has 4 rings (SSSR count). The van der Waals surface area contributed by atoms with Gasteiger partial charge in [-0.2, -0.15) is 0 Å². The van der Waals surface area contributed by atoms with Gasteiger partial charge in [-0.25, -0.2) is 0 Å². The SMILES string of the molecule is C[C@]12C=CCCC1CC[C@@H]1[C@H]2CC[C@]2(C)C(O)C=C[C@@H]12. The van der Waals surface area contributed by atoms with Crippen molar-refractivity contribution in [2.45, 2.75) is 58.5 Å². The van der Waals surface area contributed by atoms with Crippen LogP contribution in [0.1, 0.15) is 52.4 Å². The van der Waals surface area contributed by atoms with Crippen LogP contribution in [0.5, 0.6) is 0 Å². The summed E-state index contributed by atoms with van der Waals surface area (Å²) in [6.45, 7) is 4.85. The van der Waals surface area contributed by atoms with E-state index >= 15 is 0 Å². The molecule has 1 nitrogen and oxygen atoms in total. The third-order valence-corrected chi connectivity index (χ3v) is 7.60. The van der Waals surface area contributed by atoms with Crippen LogP contribution in [0.4, 0.5) is 0 Å². The van der Waals surface area contributed by atoms with E-state index in [9.17, 15) is 5.11 Å². The fourth-order valence-corrected chi connectivity index (χ4v) is 6.25. The van der Waals surface area contributed by atoms with Crippen LogP contribution < -0.4 is 0 Å². The molecule has 0 aromatic carbocycles. The van der Waals surface area contributed by atoms with Crippen LogP contribution in [-0.4, -0.2) is 11.2 Å². The van der Waals surface area contributed by atoms with E-state index in [2.05, 4.69) is 38.2 Å². The van der Waals surface area contributed by atoms with E-state index in [0.717, 1.165) is 17.8 Å². The summed E-state index contributed by atoms with van der Waals surface area (Å²) in [5.74, 6) is 3.16. The molecule has 4 aliphatic carbocycles. The van der Waals surface area contributed by atoms with E-state index in [4.69, 9.17) is 0 Å². The molecule has 1 heteroatoms. The van der Waals surface area contributed by atoms with Crippen LogP contribution in [0.3, 0.4) is 0 Å². The fourth-order valence-electron chi connectivity index (χ4n) is 6.25. The van der Waals surface area contributed by atoms with Crippen LogP contribution in [0, 0.1) is 34.5 Å². The lowest BCUT2D eigenvalue weighted by molar-refractivity contribution is -0.0864. The molecule has 2 saturated carbocycles. The molecule has 0 saturated heterocycles. The number of rotatable bonds is 0. The van der Waals surface area contributed by atoms with Crippen molar-refractivity contribution in [3.8, 4) is 0 Å². The number of aliphatic hydroxyl groups is 1. The first kappa shape index (κ1) is 13.1. The third-order valence-electron chi connectivity index (χ3n) is 7.60. The van der Waals surface area contributed by atoms with Gasteiger partial charge in [-0.3, -0.25) is 0 Å². The molecule has 20 heavy (non-hydrogen) atoms. The highest BCUT2D eigenvalue weighted by Crippen LogP contribution is 2.63. The minimum atomic E-state index is -0.208.